The van der Waals surface area contributed by atoms with E-state index >= 15 is 0 Å². The number of fused-ring (bicyclic) bond motifs is 1. The number of nitrogens with one attached hydrogen (secondary N) is 1. The molecule has 5 nitrogen and oxygen atoms in total. The molecule has 28 heavy (non-hydrogen) atoms. The van der Waals surface area contributed by atoms with Crippen LogP contribution < -0.4 is 10.2 Å². The van der Waals surface area contributed by atoms with E-state index in [-0.39, 0.29) is 11.8 Å². The maximum Gasteiger partial charge on any atom is 0.256 e. The fourth-order valence-corrected chi connectivity index (χ4v) is 4.15. The molecule has 0 saturated carbocycles. The van der Waals surface area contributed by atoms with Gasteiger partial charge in [0.2, 0.25) is 5.91 Å². The van der Waals surface area contributed by atoms with E-state index in [1.807, 2.05) is 0 Å². The molecule has 0 aliphatic carbocycles. The lowest BCUT2D eigenvalue weighted by molar-refractivity contribution is -0.116. The quantitative estimate of drug-likeness (QED) is 0.548. The summed E-state index contributed by atoms with van der Waals surface area (Å²) in [6.07, 6.45) is 1.70. The highest BCUT2D eigenvalue weighted by Gasteiger charge is 2.25. The van der Waals surface area contributed by atoms with Crippen LogP contribution in [0.25, 0.3) is 11.6 Å². The number of rotatable bonds is 3. The van der Waals surface area contributed by atoms with Gasteiger partial charge in [-0.1, -0.05) is 35.3 Å². The van der Waals surface area contributed by atoms with Crippen LogP contribution in [0.4, 0.5) is 16.5 Å². The first-order chi connectivity index (χ1) is 13.4. The molecule has 0 atom stereocenters. The minimum absolute atomic E-state index is 0.186. The molecule has 0 radical (unpaired) electrons. The first-order valence-electron chi connectivity index (χ1n) is 8.27. The molecule has 1 aliphatic rings. The van der Waals surface area contributed by atoms with Crippen LogP contribution in [0.15, 0.2) is 47.8 Å². The van der Waals surface area contributed by atoms with Crippen molar-refractivity contribution in [2.24, 2.45) is 0 Å². The van der Waals surface area contributed by atoms with Crippen molar-refractivity contribution in [2.75, 3.05) is 10.2 Å². The van der Waals surface area contributed by atoms with E-state index in [1.165, 1.54) is 23.2 Å². The maximum atomic E-state index is 12.3. The van der Waals surface area contributed by atoms with E-state index in [0.29, 0.717) is 37.8 Å². The van der Waals surface area contributed by atoms with Crippen LogP contribution in [0, 0.1) is 0 Å². The van der Waals surface area contributed by atoms with Gasteiger partial charge in [0.25, 0.3) is 5.91 Å². The normalized spacial score (nSPS) is 14.1. The molecular formula is C20H13Cl2N3O2S. The molecule has 2 aromatic carbocycles. The Kier molecular flexibility index (Phi) is 4.93. The van der Waals surface area contributed by atoms with Gasteiger partial charge in [0.1, 0.15) is 0 Å². The Labute approximate surface area is 175 Å². The minimum Gasteiger partial charge on any atom is -0.321 e. The molecule has 0 fully saturated rings. The van der Waals surface area contributed by atoms with Crippen molar-refractivity contribution in [3.8, 4) is 0 Å². The fourth-order valence-electron chi connectivity index (χ4n) is 2.95. The zero-order valence-electron chi connectivity index (χ0n) is 14.6. The highest BCUT2D eigenvalue weighted by Crippen LogP contribution is 2.36. The molecule has 0 spiro atoms. The predicted molar refractivity (Wildman–Crippen MR) is 114 cm³/mol. The molecule has 4 rings (SSSR count). The van der Waals surface area contributed by atoms with Gasteiger partial charge in [-0.3, -0.25) is 14.5 Å². The third-order valence-electron chi connectivity index (χ3n) is 4.14. The van der Waals surface area contributed by atoms with Gasteiger partial charge in [0, 0.05) is 27.9 Å². The average Bonchev–Trinajstić information content (AvgIpc) is 3.20. The molecule has 0 unspecified atom stereocenters. The summed E-state index contributed by atoms with van der Waals surface area (Å²) >= 11 is 13.4. The number of carbonyl (C=O) groups is 2. The minimum atomic E-state index is -0.218. The maximum absolute atomic E-state index is 12.3. The molecule has 1 aliphatic heterocycles. The van der Waals surface area contributed by atoms with Crippen molar-refractivity contribution < 1.29 is 9.59 Å². The Balaban J connectivity index is 1.71. The Bertz CT molecular complexity index is 1140. The summed E-state index contributed by atoms with van der Waals surface area (Å²) in [6, 6.07) is 12.2. The number of nitrogens with zero attached hydrogens (tertiary/aromatic N) is 2. The van der Waals surface area contributed by atoms with Crippen molar-refractivity contribution in [3.05, 3.63) is 69.1 Å². The fraction of sp³-hybridized carbons (Fsp3) is 0.0500. The topological polar surface area (TPSA) is 62.3 Å². The Hall–Kier alpha value is -2.67. The van der Waals surface area contributed by atoms with Crippen molar-refractivity contribution in [3.63, 3.8) is 0 Å². The van der Waals surface area contributed by atoms with Crippen LogP contribution >= 0.6 is 34.5 Å². The van der Waals surface area contributed by atoms with Crippen LogP contribution in [0.1, 0.15) is 18.2 Å². The largest absolute Gasteiger partial charge is 0.321 e. The molecule has 8 heteroatoms. The van der Waals surface area contributed by atoms with Gasteiger partial charge in [0.15, 0.2) is 5.13 Å². The van der Waals surface area contributed by atoms with Gasteiger partial charge in [-0.2, -0.15) is 0 Å². The molecule has 0 saturated heterocycles. The van der Waals surface area contributed by atoms with Crippen molar-refractivity contribution in [2.45, 2.75) is 6.92 Å². The third kappa shape index (κ3) is 3.54. The van der Waals surface area contributed by atoms with Crippen molar-refractivity contribution >= 4 is 74.5 Å². The van der Waals surface area contributed by atoms with Crippen LogP contribution in [0.5, 0.6) is 0 Å². The smallest absolute Gasteiger partial charge is 0.256 e. The lowest BCUT2D eigenvalue weighted by Crippen LogP contribution is -2.22. The van der Waals surface area contributed by atoms with Crippen molar-refractivity contribution in [1.29, 1.82) is 0 Å². The van der Waals surface area contributed by atoms with E-state index in [1.54, 1.807) is 53.9 Å². The molecule has 2 amide bonds. The van der Waals surface area contributed by atoms with E-state index in [4.69, 9.17) is 23.2 Å². The number of thiazole rings is 1. The second-order valence-corrected chi connectivity index (χ2v) is 7.80. The molecular weight excluding hydrogens is 417 g/mol. The highest BCUT2D eigenvalue weighted by molar-refractivity contribution is 7.14. The highest BCUT2D eigenvalue weighted by atomic mass is 35.5. The molecule has 140 valence electrons. The van der Waals surface area contributed by atoms with Gasteiger partial charge < -0.3 is 5.32 Å². The molecule has 0 bridgehead atoms. The number of anilines is 3. The van der Waals surface area contributed by atoms with E-state index in [2.05, 4.69) is 10.3 Å². The standard InChI is InChI=1S/C20H13Cl2N3O2S/c1-11(26)25(15-4-2-3-12(21)7-15)20-23-14(10-28-20)9-17-16-6-5-13(22)8-18(16)24-19(17)27/h2-10H,1H3,(H,24,27)/b17-9+. The lowest BCUT2D eigenvalue weighted by Gasteiger charge is -2.18. The number of amides is 2. The van der Waals surface area contributed by atoms with Crippen LogP contribution in [0.3, 0.4) is 0 Å². The summed E-state index contributed by atoms with van der Waals surface area (Å²) in [5, 5.41) is 6.16. The third-order valence-corrected chi connectivity index (χ3v) is 5.45. The Morgan fingerprint density at radius 3 is 2.71 bits per heavy atom. The number of halogens is 2. The Morgan fingerprint density at radius 2 is 1.96 bits per heavy atom. The first-order valence-corrected chi connectivity index (χ1v) is 9.91. The summed E-state index contributed by atoms with van der Waals surface area (Å²) in [7, 11) is 0. The molecule has 2 heterocycles. The lowest BCUT2D eigenvalue weighted by atomic mass is 10.1. The van der Waals surface area contributed by atoms with E-state index in [9.17, 15) is 9.59 Å². The predicted octanol–water partition coefficient (Wildman–Crippen LogP) is 5.63. The number of aromatic nitrogens is 1. The SMILES string of the molecule is CC(=O)N(c1cccc(Cl)c1)c1nc(/C=C2/C(=O)Nc3cc(Cl)ccc32)cs1. The number of hydrogen-bond donors (Lipinski definition) is 1. The van der Waals surface area contributed by atoms with Crippen LogP contribution in [0.2, 0.25) is 10.0 Å². The zero-order chi connectivity index (χ0) is 19.8. The average molecular weight is 430 g/mol. The number of hydrogen-bond acceptors (Lipinski definition) is 4. The molecule has 3 aromatic rings. The monoisotopic (exact) mass is 429 g/mol. The van der Waals surface area contributed by atoms with Crippen molar-refractivity contribution in [1.82, 2.24) is 4.98 Å². The van der Waals surface area contributed by atoms with Crippen LogP contribution in [-0.4, -0.2) is 16.8 Å². The van der Waals surface area contributed by atoms with Gasteiger partial charge in [-0.25, -0.2) is 4.98 Å². The van der Waals surface area contributed by atoms with Gasteiger partial charge in [-0.05, 0) is 36.4 Å². The second kappa shape index (κ2) is 7.39. The summed E-state index contributed by atoms with van der Waals surface area (Å²) < 4.78 is 0. The number of benzene rings is 2. The summed E-state index contributed by atoms with van der Waals surface area (Å²) in [5.74, 6) is -0.403. The zero-order valence-corrected chi connectivity index (χ0v) is 16.9. The van der Waals surface area contributed by atoms with Gasteiger partial charge in [-0.15, -0.1) is 11.3 Å². The molecule has 1 aromatic heterocycles. The van der Waals surface area contributed by atoms with Crippen LogP contribution in [-0.2, 0) is 9.59 Å². The number of carbonyl (C=O) groups excluding carboxylic acids is 2. The summed E-state index contributed by atoms with van der Waals surface area (Å²) in [6.45, 7) is 1.46. The first kappa shape index (κ1) is 18.7. The second-order valence-electron chi connectivity index (χ2n) is 6.09. The van der Waals surface area contributed by atoms with Gasteiger partial charge >= 0.3 is 0 Å². The van der Waals surface area contributed by atoms with E-state index < -0.39 is 0 Å². The summed E-state index contributed by atoms with van der Waals surface area (Å²) in [5.41, 5.74) is 3.15. The van der Waals surface area contributed by atoms with E-state index in [0.717, 1.165) is 5.56 Å². The molecule has 1 N–H and O–H groups in total. The Morgan fingerprint density at radius 1 is 1.18 bits per heavy atom. The summed E-state index contributed by atoms with van der Waals surface area (Å²) in [4.78, 5) is 30.6. The van der Waals surface area contributed by atoms with Gasteiger partial charge in [0.05, 0.1) is 22.6 Å².